The lowest BCUT2D eigenvalue weighted by Gasteiger charge is -2.14. The van der Waals surface area contributed by atoms with Crippen molar-refractivity contribution in [2.24, 2.45) is 0 Å². The van der Waals surface area contributed by atoms with Gasteiger partial charge in [-0.1, -0.05) is 48.5 Å². The number of hydrogen-bond donors (Lipinski definition) is 2. The first kappa shape index (κ1) is 17.5. The third kappa shape index (κ3) is 6.12. The number of aliphatic carboxylic acids is 1. The Bertz CT molecular complexity index is 643. The number of benzene rings is 2. The highest BCUT2D eigenvalue weighted by Gasteiger charge is 2.20. The minimum atomic E-state index is -1.03. The lowest BCUT2D eigenvalue weighted by molar-refractivity contribution is -0.141. The average molecular weight is 327 g/mol. The predicted molar refractivity (Wildman–Crippen MR) is 90.9 cm³/mol. The van der Waals surface area contributed by atoms with Crippen LogP contribution in [0.25, 0.3) is 0 Å². The maximum atomic E-state index is 11.9. The Hall–Kier alpha value is -2.82. The van der Waals surface area contributed by atoms with Crippen LogP contribution in [0.5, 0.6) is 5.75 Å². The summed E-state index contributed by atoms with van der Waals surface area (Å²) in [5.41, 5.74) is 0.873. The van der Waals surface area contributed by atoms with Gasteiger partial charge in [0.15, 0.2) is 0 Å². The Morgan fingerprint density at radius 1 is 1.00 bits per heavy atom. The van der Waals surface area contributed by atoms with Crippen molar-refractivity contribution >= 4 is 11.9 Å². The molecule has 0 heterocycles. The number of rotatable bonds is 9. The summed E-state index contributed by atoms with van der Waals surface area (Å²) in [5.74, 6) is -0.562. The molecule has 5 heteroatoms. The van der Waals surface area contributed by atoms with Gasteiger partial charge in [-0.25, -0.2) is 4.79 Å². The third-order valence-corrected chi connectivity index (χ3v) is 3.48. The van der Waals surface area contributed by atoms with Gasteiger partial charge in [-0.15, -0.1) is 0 Å². The normalized spacial score (nSPS) is 11.5. The highest BCUT2D eigenvalue weighted by Crippen LogP contribution is 2.09. The molecule has 126 valence electrons. The van der Waals surface area contributed by atoms with Gasteiger partial charge in [0.25, 0.3) is 0 Å². The lowest BCUT2D eigenvalue weighted by Crippen LogP contribution is -2.42. The summed E-state index contributed by atoms with van der Waals surface area (Å²) in [4.78, 5) is 23.2. The topological polar surface area (TPSA) is 75.6 Å². The Labute approximate surface area is 141 Å². The van der Waals surface area contributed by atoms with Crippen LogP contribution in [-0.4, -0.2) is 29.6 Å². The first-order chi connectivity index (χ1) is 11.6. The van der Waals surface area contributed by atoms with E-state index in [1.165, 1.54) is 0 Å². The molecule has 0 aliphatic heterocycles. The Kier molecular flexibility index (Phi) is 6.83. The third-order valence-electron chi connectivity index (χ3n) is 3.48. The Morgan fingerprint density at radius 2 is 1.62 bits per heavy atom. The van der Waals surface area contributed by atoms with Gasteiger partial charge in [0.2, 0.25) is 5.91 Å². The van der Waals surface area contributed by atoms with E-state index in [4.69, 9.17) is 4.74 Å². The molecule has 0 saturated carbocycles. The van der Waals surface area contributed by atoms with Crippen LogP contribution in [0, 0.1) is 0 Å². The summed E-state index contributed by atoms with van der Waals surface area (Å²) in [7, 11) is 0. The zero-order valence-electron chi connectivity index (χ0n) is 13.4. The quantitative estimate of drug-likeness (QED) is 0.694. The van der Waals surface area contributed by atoms with Crippen LogP contribution in [-0.2, 0) is 16.0 Å². The molecule has 0 saturated heterocycles. The second-order valence-electron chi connectivity index (χ2n) is 5.41. The Morgan fingerprint density at radius 3 is 2.25 bits per heavy atom. The lowest BCUT2D eigenvalue weighted by atomic mass is 10.1. The van der Waals surface area contributed by atoms with Gasteiger partial charge in [0.1, 0.15) is 11.8 Å². The molecule has 5 nitrogen and oxygen atoms in total. The van der Waals surface area contributed by atoms with E-state index in [1.807, 2.05) is 60.7 Å². The summed E-state index contributed by atoms with van der Waals surface area (Å²) in [6.07, 6.45) is 1.02. The van der Waals surface area contributed by atoms with E-state index in [0.29, 0.717) is 13.0 Å². The molecule has 2 N–H and O–H groups in total. The van der Waals surface area contributed by atoms with E-state index in [0.717, 1.165) is 11.3 Å². The van der Waals surface area contributed by atoms with Crippen molar-refractivity contribution in [1.82, 2.24) is 5.32 Å². The maximum absolute atomic E-state index is 11.9. The molecule has 1 atom stereocenters. The number of carboxylic acids is 1. The Balaban J connectivity index is 1.73. The van der Waals surface area contributed by atoms with Crippen molar-refractivity contribution < 1.29 is 19.4 Å². The van der Waals surface area contributed by atoms with E-state index in [1.54, 1.807) is 0 Å². The zero-order valence-corrected chi connectivity index (χ0v) is 13.4. The van der Waals surface area contributed by atoms with Crippen LogP contribution in [0.3, 0.4) is 0 Å². The number of carbonyl (C=O) groups is 2. The molecule has 24 heavy (non-hydrogen) atoms. The van der Waals surface area contributed by atoms with Crippen molar-refractivity contribution in [2.75, 3.05) is 6.61 Å². The number of hydrogen-bond acceptors (Lipinski definition) is 3. The monoisotopic (exact) mass is 327 g/mol. The maximum Gasteiger partial charge on any atom is 0.326 e. The molecular formula is C19H21NO4. The number of carboxylic acid groups (broad SMARTS) is 1. The van der Waals surface area contributed by atoms with Crippen molar-refractivity contribution in [3.05, 3.63) is 66.2 Å². The molecule has 0 radical (unpaired) electrons. The van der Waals surface area contributed by atoms with Crippen molar-refractivity contribution in [1.29, 1.82) is 0 Å². The summed E-state index contributed by atoms with van der Waals surface area (Å²) in [5, 5.41) is 11.8. The summed E-state index contributed by atoms with van der Waals surface area (Å²) >= 11 is 0. The first-order valence-electron chi connectivity index (χ1n) is 7.89. The van der Waals surface area contributed by atoms with Crippen LogP contribution in [0.1, 0.15) is 18.4 Å². The molecule has 2 aromatic carbocycles. The summed E-state index contributed by atoms with van der Waals surface area (Å²) in [6, 6.07) is 17.7. The molecule has 1 amide bonds. The van der Waals surface area contributed by atoms with Gasteiger partial charge in [-0.05, 0) is 24.1 Å². The smallest absolute Gasteiger partial charge is 0.326 e. The second-order valence-corrected chi connectivity index (χ2v) is 5.41. The van der Waals surface area contributed by atoms with E-state index >= 15 is 0 Å². The number of amides is 1. The number of ether oxygens (including phenoxy) is 1. The van der Waals surface area contributed by atoms with E-state index in [9.17, 15) is 14.7 Å². The average Bonchev–Trinajstić information content (AvgIpc) is 2.60. The van der Waals surface area contributed by atoms with E-state index in [2.05, 4.69) is 5.32 Å². The molecule has 0 unspecified atom stereocenters. The molecule has 0 bridgehead atoms. The molecule has 0 aromatic heterocycles. The molecule has 2 rings (SSSR count). The standard InChI is InChI=1S/C19H21NO4/c21-18(12-7-13-24-16-10-5-2-6-11-16)20-17(19(22)23)14-15-8-3-1-4-9-15/h1-6,8-11,17H,7,12-14H2,(H,20,21)(H,22,23)/t17-/m0/s1. The van der Waals surface area contributed by atoms with Gasteiger partial charge < -0.3 is 15.2 Å². The minimum absolute atomic E-state index is 0.228. The van der Waals surface area contributed by atoms with Crippen LogP contribution >= 0.6 is 0 Å². The predicted octanol–water partition coefficient (Wildman–Crippen LogP) is 2.66. The van der Waals surface area contributed by atoms with E-state index in [-0.39, 0.29) is 18.7 Å². The van der Waals surface area contributed by atoms with Crippen LogP contribution in [0.2, 0.25) is 0 Å². The SMILES string of the molecule is O=C(CCCOc1ccccc1)N[C@@H](Cc1ccccc1)C(=O)O. The van der Waals surface area contributed by atoms with Crippen LogP contribution < -0.4 is 10.1 Å². The summed E-state index contributed by atoms with van der Waals surface area (Å²) in [6.45, 7) is 0.411. The highest BCUT2D eigenvalue weighted by atomic mass is 16.5. The fraction of sp³-hybridized carbons (Fsp3) is 0.263. The fourth-order valence-corrected chi connectivity index (χ4v) is 2.26. The minimum Gasteiger partial charge on any atom is -0.494 e. The van der Waals surface area contributed by atoms with Crippen molar-refractivity contribution in [3.63, 3.8) is 0 Å². The molecule has 0 aliphatic carbocycles. The van der Waals surface area contributed by atoms with E-state index < -0.39 is 12.0 Å². The first-order valence-corrected chi connectivity index (χ1v) is 7.89. The second kappa shape index (κ2) is 9.35. The largest absolute Gasteiger partial charge is 0.494 e. The highest BCUT2D eigenvalue weighted by molar-refractivity contribution is 5.83. The number of para-hydroxylation sites is 1. The number of carbonyl (C=O) groups excluding carboxylic acids is 1. The molecular weight excluding hydrogens is 306 g/mol. The van der Waals surface area contributed by atoms with Crippen molar-refractivity contribution in [2.45, 2.75) is 25.3 Å². The van der Waals surface area contributed by atoms with Crippen LogP contribution in [0.4, 0.5) is 0 Å². The van der Waals surface area contributed by atoms with Gasteiger partial charge >= 0.3 is 5.97 Å². The van der Waals surface area contributed by atoms with Gasteiger partial charge in [-0.2, -0.15) is 0 Å². The zero-order chi connectivity index (χ0) is 17.2. The number of nitrogens with one attached hydrogen (secondary N) is 1. The molecule has 0 fully saturated rings. The molecule has 2 aromatic rings. The van der Waals surface area contributed by atoms with Crippen molar-refractivity contribution in [3.8, 4) is 5.75 Å². The summed E-state index contributed by atoms with van der Waals surface area (Å²) < 4.78 is 5.51. The molecule has 0 aliphatic rings. The fourth-order valence-electron chi connectivity index (χ4n) is 2.26. The van der Waals surface area contributed by atoms with Crippen LogP contribution in [0.15, 0.2) is 60.7 Å². The molecule has 0 spiro atoms. The van der Waals surface area contributed by atoms with Gasteiger partial charge in [-0.3, -0.25) is 4.79 Å². The van der Waals surface area contributed by atoms with Gasteiger partial charge in [0.05, 0.1) is 6.61 Å². The van der Waals surface area contributed by atoms with Gasteiger partial charge in [0, 0.05) is 12.8 Å².